The van der Waals surface area contributed by atoms with Gasteiger partial charge in [0.1, 0.15) is 5.82 Å². The minimum absolute atomic E-state index is 0.393. The van der Waals surface area contributed by atoms with Crippen molar-refractivity contribution in [3.05, 3.63) is 48.0 Å². The SMILES string of the molecule is O=S(=O)(c1ccc2c(c1)N(Cc1ncccn1)CC2)N1CCCC1. The summed E-state index contributed by atoms with van der Waals surface area (Å²) in [4.78, 5) is 11.1. The van der Waals surface area contributed by atoms with Crippen LogP contribution in [-0.4, -0.2) is 42.3 Å². The van der Waals surface area contributed by atoms with Crippen molar-refractivity contribution in [3.63, 3.8) is 0 Å². The summed E-state index contributed by atoms with van der Waals surface area (Å²) in [6, 6.07) is 7.31. The number of hydrogen-bond acceptors (Lipinski definition) is 5. The van der Waals surface area contributed by atoms with Crippen LogP contribution in [0.2, 0.25) is 0 Å². The van der Waals surface area contributed by atoms with Crippen molar-refractivity contribution in [2.24, 2.45) is 0 Å². The van der Waals surface area contributed by atoms with E-state index in [9.17, 15) is 8.42 Å². The summed E-state index contributed by atoms with van der Waals surface area (Å²) in [5.41, 5.74) is 2.18. The first kappa shape index (κ1) is 15.5. The third kappa shape index (κ3) is 2.78. The van der Waals surface area contributed by atoms with Gasteiger partial charge < -0.3 is 4.90 Å². The van der Waals surface area contributed by atoms with Crippen LogP contribution < -0.4 is 4.90 Å². The molecule has 0 radical (unpaired) electrons. The summed E-state index contributed by atoms with van der Waals surface area (Å²) < 4.78 is 27.2. The van der Waals surface area contributed by atoms with Crippen LogP contribution in [0.5, 0.6) is 0 Å². The lowest BCUT2D eigenvalue weighted by atomic mass is 10.2. The number of anilines is 1. The molecule has 1 saturated heterocycles. The van der Waals surface area contributed by atoms with E-state index < -0.39 is 10.0 Å². The third-order valence-corrected chi connectivity index (χ3v) is 6.60. The number of aromatic nitrogens is 2. The van der Waals surface area contributed by atoms with Crippen LogP contribution in [-0.2, 0) is 23.0 Å². The fraction of sp³-hybridized carbons (Fsp3) is 0.412. The first-order valence-corrected chi connectivity index (χ1v) is 9.72. The molecule has 3 heterocycles. The zero-order valence-corrected chi connectivity index (χ0v) is 14.2. The average Bonchev–Trinajstić information content (AvgIpc) is 3.26. The fourth-order valence-corrected chi connectivity index (χ4v) is 4.95. The van der Waals surface area contributed by atoms with E-state index in [-0.39, 0.29) is 0 Å². The molecule has 0 N–H and O–H groups in total. The Bertz CT molecular complexity index is 833. The van der Waals surface area contributed by atoms with E-state index in [0.29, 0.717) is 24.5 Å². The molecule has 0 unspecified atom stereocenters. The van der Waals surface area contributed by atoms with E-state index in [1.54, 1.807) is 28.8 Å². The van der Waals surface area contributed by atoms with Gasteiger partial charge in [0.25, 0.3) is 0 Å². The topological polar surface area (TPSA) is 66.4 Å². The Morgan fingerprint density at radius 3 is 2.54 bits per heavy atom. The summed E-state index contributed by atoms with van der Waals surface area (Å²) in [6.45, 7) is 2.71. The Kier molecular flexibility index (Phi) is 3.97. The molecule has 0 bridgehead atoms. The molecular weight excluding hydrogens is 324 g/mol. The van der Waals surface area contributed by atoms with Gasteiger partial charge in [-0.1, -0.05) is 6.07 Å². The Hall–Kier alpha value is -1.99. The van der Waals surface area contributed by atoms with Gasteiger partial charge in [-0.05, 0) is 43.0 Å². The number of sulfonamides is 1. The van der Waals surface area contributed by atoms with Crippen LogP contribution in [0, 0.1) is 0 Å². The lowest BCUT2D eigenvalue weighted by molar-refractivity contribution is 0.477. The maximum atomic E-state index is 12.8. The van der Waals surface area contributed by atoms with Gasteiger partial charge in [0.15, 0.2) is 0 Å². The van der Waals surface area contributed by atoms with Crippen LogP contribution in [0.3, 0.4) is 0 Å². The lowest BCUT2D eigenvalue weighted by Gasteiger charge is -2.20. The third-order valence-electron chi connectivity index (χ3n) is 4.70. The molecule has 6 nitrogen and oxygen atoms in total. The maximum Gasteiger partial charge on any atom is 0.243 e. The Morgan fingerprint density at radius 2 is 1.79 bits per heavy atom. The molecule has 126 valence electrons. The van der Waals surface area contributed by atoms with E-state index in [0.717, 1.165) is 37.3 Å². The van der Waals surface area contributed by atoms with Gasteiger partial charge in [-0.25, -0.2) is 18.4 Å². The molecule has 1 aromatic carbocycles. The Labute approximate surface area is 142 Å². The van der Waals surface area contributed by atoms with E-state index in [1.807, 2.05) is 12.1 Å². The van der Waals surface area contributed by atoms with Gasteiger partial charge in [-0.2, -0.15) is 4.31 Å². The largest absolute Gasteiger partial charge is 0.363 e. The highest BCUT2D eigenvalue weighted by Crippen LogP contribution is 2.32. The molecule has 2 aliphatic heterocycles. The molecule has 0 saturated carbocycles. The summed E-state index contributed by atoms with van der Waals surface area (Å²) in [5, 5.41) is 0. The van der Waals surface area contributed by atoms with Crippen LogP contribution >= 0.6 is 0 Å². The van der Waals surface area contributed by atoms with Crippen LogP contribution in [0.15, 0.2) is 41.6 Å². The van der Waals surface area contributed by atoms with Gasteiger partial charge in [0.05, 0.1) is 11.4 Å². The van der Waals surface area contributed by atoms with E-state index in [2.05, 4.69) is 14.9 Å². The molecule has 24 heavy (non-hydrogen) atoms. The highest BCUT2D eigenvalue weighted by molar-refractivity contribution is 7.89. The zero-order chi connectivity index (χ0) is 16.6. The molecule has 7 heteroatoms. The minimum atomic E-state index is -3.38. The molecule has 0 atom stereocenters. The predicted octanol–water partition coefficient (Wildman–Crippen LogP) is 1.82. The minimum Gasteiger partial charge on any atom is -0.363 e. The first-order chi connectivity index (χ1) is 11.6. The zero-order valence-electron chi connectivity index (χ0n) is 13.4. The van der Waals surface area contributed by atoms with Crippen LogP contribution in [0.4, 0.5) is 5.69 Å². The van der Waals surface area contributed by atoms with Crippen molar-refractivity contribution in [3.8, 4) is 0 Å². The summed E-state index contributed by atoms with van der Waals surface area (Å²) in [7, 11) is -3.38. The quantitative estimate of drug-likeness (QED) is 0.846. The molecule has 0 aliphatic carbocycles. The smallest absolute Gasteiger partial charge is 0.243 e. The molecule has 1 fully saturated rings. The van der Waals surface area contributed by atoms with Crippen molar-refractivity contribution >= 4 is 15.7 Å². The van der Waals surface area contributed by atoms with Crippen molar-refractivity contribution in [2.45, 2.75) is 30.7 Å². The second-order valence-corrected chi connectivity index (χ2v) is 8.18. The predicted molar refractivity (Wildman–Crippen MR) is 91.2 cm³/mol. The Balaban J connectivity index is 1.63. The van der Waals surface area contributed by atoms with E-state index in [4.69, 9.17) is 0 Å². The number of rotatable bonds is 4. The fourth-order valence-electron chi connectivity index (χ4n) is 3.41. The van der Waals surface area contributed by atoms with E-state index in [1.165, 1.54) is 5.56 Å². The summed E-state index contributed by atoms with van der Waals surface area (Å²) in [6.07, 6.45) is 6.27. The van der Waals surface area contributed by atoms with Gasteiger partial charge >= 0.3 is 0 Å². The van der Waals surface area contributed by atoms with Crippen molar-refractivity contribution < 1.29 is 8.42 Å². The Morgan fingerprint density at radius 1 is 1.04 bits per heavy atom. The molecular formula is C17H20N4O2S. The lowest BCUT2D eigenvalue weighted by Crippen LogP contribution is -2.28. The first-order valence-electron chi connectivity index (χ1n) is 8.28. The van der Waals surface area contributed by atoms with E-state index >= 15 is 0 Å². The summed E-state index contributed by atoms with van der Waals surface area (Å²) in [5.74, 6) is 0.748. The monoisotopic (exact) mass is 344 g/mol. The molecule has 4 rings (SSSR count). The molecule has 0 amide bonds. The normalized spacial score (nSPS) is 18.1. The molecule has 0 spiro atoms. The van der Waals surface area contributed by atoms with Crippen LogP contribution in [0.25, 0.3) is 0 Å². The molecule has 1 aromatic heterocycles. The molecule has 2 aromatic rings. The van der Waals surface area contributed by atoms with Crippen molar-refractivity contribution in [1.29, 1.82) is 0 Å². The standard InChI is InChI=1S/C17H20N4O2S/c22-24(23,21-9-1-2-10-21)15-5-4-14-6-11-20(16(14)12-15)13-17-18-7-3-8-19-17/h3-5,7-8,12H,1-2,6,9-11,13H2. The van der Waals surface area contributed by atoms with Gasteiger partial charge in [-0.15, -0.1) is 0 Å². The molecule has 2 aliphatic rings. The average molecular weight is 344 g/mol. The number of hydrogen-bond donors (Lipinski definition) is 0. The highest BCUT2D eigenvalue weighted by atomic mass is 32.2. The van der Waals surface area contributed by atoms with Crippen molar-refractivity contribution in [2.75, 3.05) is 24.5 Å². The number of fused-ring (bicyclic) bond motifs is 1. The number of nitrogens with zero attached hydrogens (tertiary/aromatic N) is 4. The van der Waals surface area contributed by atoms with Gasteiger partial charge in [0.2, 0.25) is 10.0 Å². The number of benzene rings is 1. The second kappa shape index (κ2) is 6.14. The second-order valence-electron chi connectivity index (χ2n) is 6.24. The van der Waals surface area contributed by atoms with Crippen LogP contribution in [0.1, 0.15) is 24.2 Å². The summed E-state index contributed by atoms with van der Waals surface area (Å²) >= 11 is 0. The van der Waals surface area contributed by atoms with Crippen molar-refractivity contribution in [1.82, 2.24) is 14.3 Å². The van der Waals surface area contributed by atoms with Gasteiger partial charge in [0, 0.05) is 37.7 Å². The van der Waals surface area contributed by atoms with Gasteiger partial charge in [-0.3, -0.25) is 0 Å². The highest BCUT2D eigenvalue weighted by Gasteiger charge is 2.29. The maximum absolute atomic E-state index is 12.8.